The van der Waals surface area contributed by atoms with E-state index in [-0.39, 0.29) is 17.2 Å². The molecule has 0 N–H and O–H groups in total. The van der Waals surface area contributed by atoms with Crippen molar-refractivity contribution in [3.8, 4) is 0 Å². The molecule has 2 aliphatic rings. The zero-order valence-corrected chi connectivity index (χ0v) is 14.6. The first-order chi connectivity index (χ1) is 11.1. The van der Waals surface area contributed by atoms with Crippen molar-refractivity contribution in [2.45, 2.75) is 31.7 Å². The standard InChI is InChI=1S/C17H21ClN2O2S/c18-15-6-2-1-4-13(15)12-14-5-3-8-20(14)16(21)7-9-19-10-11-23-17(19)22/h1-2,4,6,14H,3,5,7-12H2. The number of benzene rings is 1. The van der Waals surface area contributed by atoms with Crippen LogP contribution in [-0.2, 0) is 11.2 Å². The molecule has 0 aliphatic carbocycles. The van der Waals surface area contributed by atoms with Gasteiger partial charge >= 0.3 is 0 Å². The minimum Gasteiger partial charge on any atom is -0.339 e. The van der Waals surface area contributed by atoms with Crippen molar-refractivity contribution < 1.29 is 9.59 Å². The molecule has 2 saturated heterocycles. The van der Waals surface area contributed by atoms with Gasteiger partial charge in [0.15, 0.2) is 0 Å². The average Bonchev–Trinajstić information content (AvgIpc) is 3.16. The van der Waals surface area contributed by atoms with E-state index in [2.05, 4.69) is 0 Å². The van der Waals surface area contributed by atoms with Crippen LogP contribution in [0, 0.1) is 0 Å². The third-order valence-corrected chi connectivity index (χ3v) is 5.81. The molecule has 1 unspecified atom stereocenters. The van der Waals surface area contributed by atoms with Gasteiger partial charge in [-0.25, -0.2) is 0 Å². The second-order valence-electron chi connectivity index (χ2n) is 6.03. The quantitative estimate of drug-likeness (QED) is 0.815. The number of rotatable bonds is 5. The molecule has 0 aromatic heterocycles. The summed E-state index contributed by atoms with van der Waals surface area (Å²) < 4.78 is 0. The van der Waals surface area contributed by atoms with E-state index in [0.29, 0.717) is 13.0 Å². The molecule has 2 amide bonds. The van der Waals surface area contributed by atoms with E-state index >= 15 is 0 Å². The minimum absolute atomic E-state index is 0.104. The molecule has 0 bridgehead atoms. The Morgan fingerprint density at radius 1 is 1.30 bits per heavy atom. The van der Waals surface area contributed by atoms with Crippen LogP contribution in [0.25, 0.3) is 0 Å². The molecule has 6 heteroatoms. The average molecular weight is 353 g/mol. The molecule has 3 rings (SSSR count). The molecule has 2 aliphatic heterocycles. The van der Waals surface area contributed by atoms with Crippen molar-refractivity contribution in [2.75, 3.05) is 25.4 Å². The maximum absolute atomic E-state index is 12.5. The number of likely N-dealkylation sites (tertiary alicyclic amines) is 1. The van der Waals surface area contributed by atoms with Gasteiger partial charge in [-0.05, 0) is 30.9 Å². The lowest BCUT2D eigenvalue weighted by atomic mass is 10.0. The molecule has 2 fully saturated rings. The highest BCUT2D eigenvalue weighted by atomic mass is 35.5. The normalized spacial score (nSPS) is 21.3. The largest absolute Gasteiger partial charge is 0.339 e. The fourth-order valence-corrected chi connectivity index (χ4v) is 4.36. The Labute approximate surface area is 146 Å². The van der Waals surface area contributed by atoms with Crippen LogP contribution < -0.4 is 0 Å². The Hall–Kier alpha value is -1.20. The van der Waals surface area contributed by atoms with Crippen molar-refractivity contribution in [3.63, 3.8) is 0 Å². The van der Waals surface area contributed by atoms with Gasteiger partial charge in [0.25, 0.3) is 5.24 Å². The van der Waals surface area contributed by atoms with Crippen LogP contribution in [0.4, 0.5) is 4.79 Å². The smallest absolute Gasteiger partial charge is 0.281 e. The maximum atomic E-state index is 12.5. The van der Waals surface area contributed by atoms with Gasteiger partial charge in [-0.3, -0.25) is 9.59 Å². The maximum Gasteiger partial charge on any atom is 0.281 e. The SMILES string of the molecule is O=C1SCCN1CCC(=O)N1CCCC1Cc1ccccc1Cl. The lowest BCUT2D eigenvalue weighted by Gasteiger charge is -2.26. The van der Waals surface area contributed by atoms with Crippen molar-refractivity contribution in [2.24, 2.45) is 0 Å². The number of hydrogen-bond acceptors (Lipinski definition) is 3. The van der Waals surface area contributed by atoms with Gasteiger partial charge in [-0.2, -0.15) is 0 Å². The molecular formula is C17H21ClN2O2S. The van der Waals surface area contributed by atoms with Crippen LogP contribution in [0.15, 0.2) is 24.3 Å². The highest BCUT2D eigenvalue weighted by Crippen LogP contribution is 2.25. The summed E-state index contributed by atoms with van der Waals surface area (Å²) in [6.07, 6.45) is 3.30. The summed E-state index contributed by atoms with van der Waals surface area (Å²) in [5, 5.41) is 0.873. The molecule has 124 valence electrons. The van der Waals surface area contributed by atoms with E-state index in [1.54, 1.807) is 4.90 Å². The zero-order valence-electron chi connectivity index (χ0n) is 13.0. The second kappa shape index (κ2) is 7.58. The van der Waals surface area contributed by atoms with Gasteiger partial charge < -0.3 is 9.80 Å². The van der Waals surface area contributed by atoms with Crippen LogP contribution in [-0.4, -0.2) is 52.4 Å². The van der Waals surface area contributed by atoms with Crippen LogP contribution in [0.5, 0.6) is 0 Å². The summed E-state index contributed by atoms with van der Waals surface area (Å²) in [5.41, 5.74) is 1.10. The van der Waals surface area contributed by atoms with Gasteiger partial charge in [0, 0.05) is 42.9 Å². The monoisotopic (exact) mass is 352 g/mol. The van der Waals surface area contributed by atoms with Crippen molar-refractivity contribution in [1.82, 2.24) is 9.80 Å². The topological polar surface area (TPSA) is 40.6 Å². The molecule has 2 heterocycles. The van der Waals surface area contributed by atoms with E-state index in [9.17, 15) is 9.59 Å². The summed E-state index contributed by atoms with van der Waals surface area (Å²) in [6.45, 7) is 2.12. The Balaban J connectivity index is 1.56. The van der Waals surface area contributed by atoms with E-state index in [4.69, 9.17) is 11.6 Å². The highest BCUT2D eigenvalue weighted by molar-refractivity contribution is 8.13. The summed E-state index contributed by atoms with van der Waals surface area (Å²) in [4.78, 5) is 27.9. The molecule has 0 saturated carbocycles. The lowest BCUT2D eigenvalue weighted by molar-refractivity contribution is -0.132. The van der Waals surface area contributed by atoms with E-state index in [1.165, 1.54) is 11.8 Å². The molecule has 1 atom stereocenters. The molecule has 4 nitrogen and oxygen atoms in total. The molecule has 1 aromatic rings. The Morgan fingerprint density at radius 2 is 2.13 bits per heavy atom. The molecular weight excluding hydrogens is 332 g/mol. The number of thioether (sulfide) groups is 1. The Kier molecular flexibility index (Phi) is 5.49. The van der Waals surface area contributed by atoms with E-state index in [1.807, 2.05) is 29.2 Å². The summed E-state index contributed by atoms with van der Waals surface area (Å²) >= 11 is 7.58. The Morgan fingerprint density at radius 3 is 2.87 bits per heavy atom. The van der Waals surface area contributed by atoms with Gasteiger partial charge in [-0.15, -0.1) is 0 Å². The molecule has 0 spiro atoms. The fourth-order valence-electron chi connectivity index (χ4n) is 3.30. The predicted molar refractivity (Wildman–Crippen MR) is 93.9 cm³/mol. The second-order valence-corrected chi connectivity index (χ2v) is 7.48. The first-order valence-corrected chi connectivity index (χ1v) is 9.46. The molecule has 0 radical (unpaired) electrons. The van der Waals surface area contributed by atoms with Crippen LogP contribution in [0.2, 0.25) is 5.02 Å². The molecule has 1 aromatic carbocycles. The number of nitrogens with zero attached hydrogens (tertiary/aromatic N) is 2. The van der Waals surface area contributed by atoms with Gasteiger partial charge in [0.2, 0.25) is 5.91 Å². The van der Waals surface area contributed by atoms with E-state index in [0.717, 1.165) is 48.7 Å². The minimum atomic E-state index is 0.104. The number of hydrogen-bond donors (Lipinski definition) is 0. The van der Waals surface area contributed by atoms with Crippen LogP contribution >= 0.6 is 23.4 Å². The van der Waals surface area contributed by atoms with Gasteiger partial charge in [0.1, 0.15) is 0 Å². The summed E-state index contributed by atoms with van der Waals surface area (Å²) in [6, 6.07) is 8.07. The van der Waals surface area contributed by atoms with Crippen molar-refractivity contribution in [1.29, 1.82) is 0 Å². The number of amides is 2. The van der Waals surface area contributed by atoms with E-state index < -0.39 is 0 Å². The zero-order chi connectivity index (χ0) is 16.2. The lowest BCUT2D eigenvalue weighted by Crippen LogP contribution is -2.39. The van der Waals surface area contributed by atoms with Crippen LogP contribution in [0.3, 0.4) is 0 Å². The number of carbonyl (C=O) groups is 2. The van der Waals surface area contributed by atoms with Crippen LogP contribution in [0.1, 0.15) is 24.8 Å². The third kappa shape index (κ3) is 4.01. The fraction of sp³-hybridized carbons (Fsp3) is 0.529. The highest BCUT2D eigenvalue weighted by Gasteiger charge is 2.30. The first kappa shape index (κ1) is 16.7. The summed E-state index contributed by atoms with van der Waals surface area (Å²) in [5.74, 6) is 0.996. The first-order valence-electron chi connectivity index (χ1n) is 8.10. The molecule has 23 heavy (non-hydrogen) atoms. The van der Waals surface area contributed by atoms with Gasteiger partial charge in [-0.1, -0.05) is 41.6 Å². The van der Waals surface area contributed by atoms with Crippen molar-refractivity contribution >= 4 is 34.5 Å². The Bertz CT molecular complexity index is 596. The summed E-state index contributed by atoms with van der Waals surface area (Å²) in [7, 11) is 0. The third-order valence-electron chi connectivity index (χ3n) is 4.55. The van der Waals surface area contributed by atoms with Gasteiger partial charge in [0.05, 0.1) is 0 Å². The predicted octanol–water partition coefficient (Wildman–Crippen LogP) is 3.43. The van der Waals surface area contributed by atoms with Crippen molar-refractivity contribution in [3.05, 3.63) is 34.9 Å². The number of halogens is 1. The number of carbonyl (C=O) groups excluding carboxylic acids is 2.